The van der Waals surface area contributed by atoms with Crippen molar-refractivity contribution in [3.05, 3.63) is 77.4 Å². The Kier molecular flexibility index (Phi) is 4.22. The number of anilines is 2. The van der Waals surface area contributed by atoms with Crippen molar-refractivity contribution in [2.75, 3.05) is 9.62 Å². The highest BCUT2D eigenvalue weighted by Gasteiger charge is 2.30. The van der Waals surface area contributed by atoms with Crippen molar-refractivity contribution in [2.45, 2.75) is 37.6 Å². The van der Waals surface area contributed by atoms with Crippen LogP contribution in [0.25, 0.3) is 11.1 Å². The number of carbonyl (C=O) groups excluding carboxylic acids is 1. The van der Waals surface area contributed by atoms with Gasteiger partial charge in [0.05, 0.1) is 4.90 Å². The van der Waals surface area contributed by atoms with Crippen LogP contribution in [0.2, 0.25) is 0 Å². The molecule has 0 radical (unpaired) electrons. The van der Waals surface area contributed by atoms with Crippen molar-refractivity contribution in [3.63, 3.8) is 0 Å². The molecule has 1 atom stereocenters. The van der Waals surface area contributed by atoms with Gasteiger partial charge in [0.1, 0.15) is 0 Å². The van der Waals surface area contributed by atoms with E-state index >= 15 is 0 Å². The van der Waals surface area contributed by atoms with E-state index in [4.69, 9.17) is 0 Å². The highest BCUT2D eigenvalue weighted by atomic mass is 32.2. The molecule has 1 heterocycles. The van der Waals surface area contributed by atoms with Gasteiger partial charge in [-0.2, -0.15) is 0 Å². The van der Waals surface area contributed by atoms with E-state index in [9.17, 15) is 13.2 Å². The Balaban J connectivity index is 1.43. The third kappa shape index (κ3) is 2.99. The lowest BCUT2D eigenvalue weighted by atomic mass is 10.1. The number of carbonyl (C=O) groups is 1. The summed E-state index contributed by atoms with van der Waals surface area (Å²) in [6.07, 6.45) is 1.45. The highest BCUT2D eigenvalue weighted by Crippen LogP contribution is 2.38. The van der Waals surface area contributed by atoms with Crippen molar-refractivity contribution in [2.24, 2.45) is 0 Å². The van der Waals surface area contributed by atoms with Gasteiger partial charge in [-0.15, -0.1) is 0 Å². The minimum Gasteiger partial charge on any atom is -0.309 e. The lowest BCUT2D eigenvalue weighted by molar-refractivity contribution is -0.116. The van der Waals surface area contributed by atoms with Gasteiger partial charge in [-0.1, -0.05) is 30.3 Å². The molecule has 5 nitrogen and oxygen atoms in total. The number of nitrogens with zero attached hydrogens (tertiary/aromatic N) is 1. The van der Waals surface area contributed by atoms with Gasteiger partial charge < -0.3 is 4.90 Å². The summed E-state index contributed by atoms with van der Waals surface area (Å²) in [7, 11) is -3.73. The Morgan fingerprint density at radius 1 is 0.967 bits per heavy atom. The van der Waals surface area contributed by atoms with E-state index in [1.165, 1.54) is 18.1 Å². The van der Waals surface area contributed by atoms with Crippen molar-refractivity contribution >= 4 is 27.3 Å². The number of hydrogen-bond donors (Lipinski definition) is 1. The Bertz CT molecular complexity index is 1300. The van der Waals surface area contributed by atoms with Crippen molar-refractivity contribution < 1.29 is 13.2 Å². The molecule has 152 valence electrons. The number of rotatable bonds is 3. The van der Waals surface area contributed by atoms with Gasteiger partial charge in [0.15, 0.2) is 0 Å². The van der Waals surface area contributed by atoms with E-state index in [0.29, 0.717) is 12.1 Å². The molecule has 6 heteroatoms. The van der Waals surface area contributed by atoms with Crippen LogP contribution in [0.15, 0.2) is 65.6 Å². The highest BCUT2D eigenvalue weighted by molar-refractivity contribution is 7.92. The molecule has 1 unspecified atom stereocenters. The summed E-state index contributed by atoms with van der Waals surface area (Å²) < 4.78 is 28.8. The van der Waals surface area contributed by atoms with Crippen LogP contribution in [0.3, 0.4) is 0 Å². The summed E-state index contributed by atoms with van der Waals surface area (Å²) in [6, 6.07) is 19.0. The Morgan fingerprint density at radius 3 is 2.53 bits per heavy atom. The molecule has 0 aromatic heterocycles. The molecule has 1 amide bonds. The summed E-state index contributed by atoms with van der Waals surface area (Å²) in [5.41, 5.74) is 6.98. The van der Waals surface area contributed by atoms with Gasteiger partial charge in [-0.3, -0.25) is 9.52 Å². The average Bonchev–Trinajstić information content (AvgIpc) is 3.22. The standard InChI is InChI=1S/C24H22N2O3S/c1-15-11-19-14-21(8-10-24(19)26(15)16(2)27)30(28,29)25-20-7-9-23-18(13-20)12-17-5-3-4-6-22(17)23/h3-10,13-15,25H,11-12H2,1-2H3. The maximum absolute atomic E-state index is 13.0. The van der Waals surface area contributed by atoms with E-state index in [1.54, 1.807) is 23.1 Å². The predicted octanol–water partition coefficient (Wildman–Crippen LogP) is 4.36. The second kappa shape index (κ2) is 6.71. The molecule has 3 aromatic rings. The third-order valence-corrected chi connectivity index (χ3v) is 7.34. The topological polar surface area (TPSA) is 66.5 Å². The Morgan fingerprint density at radius 2 is 1.73 bits per heavy atom. The second-order valence-corrected chi connectivity index (χ2v) is 9.73. The third-order valence-electron chi connectivity index (χ3n) is 5.96. The van der Waals surface area contributed by atoms with Gasteiger partial charge in [0, 0.05) is 24.3 Å². The van der Waals surface area contributed by atoms with Crippen LogP contribution >= 0.6 is 0 Å². The molecular weight excluding hydrogens is 396 g/mol. The zero-order valence-corrected chi connectivity index (χ0v) is 17.7. The van der Waals surface area contributed by atoms with Gasteiger partial charge >= 0.3 is 0 Å². The molecule has 1 N–H and O–H groups in total. The molecule has 0 saturated carbocycles. The minimum atomic E-state index is -3.73. The molecule has 0 bridgehead atoms. The van der Waals surface area contributed by atoms with E-state index in [-0.39, 0.29) is 16.8 Å². The summed E-state index contributed by atoms with van der Waals surface area (Å²) in [6.45, 7) is 3.50. The zero-order valence-electron chi connectivity index (χ0n) is 16.8. The SMILES string of the molecule is CC(=O)N1c2ccc(S(=O)(=O)Nc3ccc4c(c3)Cc3ccccc3-4)cc2CC1C. The largest absolute Gasteiger partial charge is 0.309 e. The lowest BCUT2D eigenvalue weighted by Crippen LogP contribution is -2.33. The van der Waals surface area contributed by atoms with E-state index in [1.807, 2.05) is 37.3 Å². The smallest absolute Gasteiger partial charge is 0.261 e. The predicted molar refractivity (Wildman–Crippen MR) is 118 cm³/mol. The van der Waals surface area contributed by atoms with Crippen molar-refractivity contribution in [3.8, 4) is 11.1 Å². The Labute approximate surface area is 176 Å². The summed E-state index contributed by atoms with van der Waals surface area (Å²) >= 11 is 0. The van der Waals surface area contributed by atoms with Crippen LogP contribution in [0.5, 0.6) is 0 Å². The first-order valence-electron chi connectivity index (χ1n) is 10.0. The van der Waals surface area contributed by atoms with Crippen molar-refractivity contribution in [1.82, 2.24) is 0 Å². The molecule has 5 rings (SSSR count). The number of hydrogen-bond acceptors (Lipinski definition) is 3. The van der Waals surface area contributed by atoms with E-state index < -0.39 is 10.0 Å². The fourth-order valence-electron chi connectivity index (χ4n) is 4.68. The van der Waals surface area contributed by atoms with Gasteiger partial charge in [-0.05, 0) is 77.9 Å². The molecule has 2 aliphatic rings. The molecule has 0 fully saturated rings. The Hall–Kier alpha value is -3.12. The zero-order chi connectivity index (χ0) is 21.0. The molecule has 30 heavy (non-hydrogen) atoms. The van der Waals surface area contributed by atoms with Gasteiger partial charge in [0.25, 0.3) is 10.0 Å². The molecule has 0 saturated heterocycles. The van der Waals surface area contributed by atoms with Gasteiger partial charge in [-0.25, -0.2) is 8.42 Å². The number of nitrogens with one attached hydrogen (secondary N) is 1. The molecular formula is C24H22N2O3S. The van der Waals surface area contributed by atoms with Crippen LogP contribution in [0, 0.1) is 0 Å². The maximum Gasteiger partial charge on any atom is 0.261 e. The first-order valence-corrected chi connectivity index (χ1v) is 11.5. The summed E-state index contributed by atoms with van der Waals surface area (Å²) in [5, 5.41) is 0. The van der Waals surface area contributed by atoms with Crippen LogP contribution in [-0.4, -0.2) is 20.4 Å². The van der Waals surface area contributed by atoms with Gasteiger partial charge in [0.2, 0.25) is 5.91 Å². The number of fused-ring (bicyclic) bond motifs is 4. The van der Waals surface area contributed by atoms with Crippen LogP contribution in [0.1, 0.15) is 30.5 Å². The lowest BCUT2D eigenvalue weighted by Gasteiger charge is -2.20. The van der Waals surface area contributed by atoms with E-state index in [0.717, 1.165) is 28.8 Å². The molecule has 0 spiro atoms. The normalized spacial score (nSPS) is 16.7. The first-order chi connectivity index (χ1) is 14.3. The van der Waals surface area contributed by atoms with E-state index in [2.05, 4.69) is 16.9 Å². The summed E-state index contributed by atoms with van der Waals surface area (Å²) in [5.74, 6) is -0.0332. The average molecular weight is 419 g/mol. The van der Waals surface area contributed by atoms with Crippen LogP contribution in [0.4, 0.5) is 11.4 Å². The number of amides is 1. The van der Waals surface area contributed by atoms with Crippen molar-refractivity contribution in [1.29, 1.82) is 0 Å². The number of sulfonamides is 1. The fraction of sp³-hybridized carbons (Fsp3) is 0.208. The maximum atomic E-state index is 13.0. The number of benzene rings is 3. The minimum absolute atomic E-state index is 0.0294. The monoisotopic (exact) mass is 418 g/mol. The first kappa shape index (κ1) is 18.9. The van der Waals surface area contributed by atoms with Crippen LogP contribution < -0.4 is 9.62 Å². The molecule has 1 aliphatic heterocycles. The second-order valence-electron chi connectivity index (χ2n) is 8.04. The summed E-state index contributed by atoms with van der Waals surface area (Å²) in [4.78, 5) is 13.8. The molecule has 1 aliphatic carbocycles. The van der Waals surface area contributed by atoms with Crippen LogP contribution in [-0.2, 0) is 27.7 Å². The fourth-order valence-corrected chi connectivity index (χ4v) is 5.78. The quantitative estimate of drug-likeness (QED) is 0.538. The molecule has 3 aromatic carbocycles.